The van der Waals surface area contributed by atoms with E-state index >= 15 is 0 Å². The van der Waals surface area contributed by atoms with Gasteiger partial charge in [0.15, 0.2) is 0 Å². The topological polar surface area (TPSA) is 85.3 Å². The Morgan fingerprint density at radius 2 is 2.00 bits per heavy atom. The second-order valence-corrected chi connectivity index (χ2v) is 6.51. The smallest absolute Gasteiger partial charge is 0.265 e. The molecule has 0 aliphatic rings. The second kappa shape index (κ2) is 5.67. The Balaban J connectivity index is 2.51. The summed E-state index contributed by atoms with van der Waals surface area (Å²) in [4.78, 5) is -0.0677. The maximum atomic E-state index is 13.7. The molecule has 8 heteroatoms. The Morgan fingerprint density at radius 1 is 1.33 bits per heavy atom. The molecule has 114 valence electrons. The lowest BCUT2D eigenvalue weighted by molar-refractivity contribution is 0.494. The Bertz CT molecular complexity index is 787. The SMILES string of the molecule is Cc1oc(C)c(S(=O)(=O)Nc2cc(Cl)ccc2F)c1CN. The molecule has 5 nitrogen and oxygen atoms in total. The minimum atomic E-state index is -4.03. The summed E-state index contributed by atoms with van der Waals surface area (Å²) in [5, 5.41) is 0.216. The number of nitrogens with one attached hydrogen (secondary N) is 1. The van der Waals surface area contributed by atoms with Crippen LogP contribution in [0.1, 0.15) is 17.1 Å². The Hall–Kier alpha value is -1.57. The van der Waals surface area contributed by atoms with Crippen LogP contribution in [-0.2, 0) is 16.6 Å². The van der Waals surface area contributed by atoms with E-state index in [9.17, 15) is 12.8 Å². The lowest BCUT2D eigenvalue weighted by Crippen LogP contribution is -2.17. The highest BCUT2D eigenvalue weighted by atomic mass is 35.5. The van der Waals surface area contributed by atoms with Gasteiger partial charge in [-0.2, -0.15) is 0 Å². The van der Waals surface area contributed by atoms with E-state index in [1.807, 2.05) is 0 Å². The summed E-state index contributed by atoms with van der Waals surface area (Å²) in [5.74, 6) is -0.111. The molecule has 0 bridgehead atoms. The number of hydrogen-bond donors (Lipinski definition) is 2. The van der Waals surface area contributed by atoms with Gasteiger partial charge >= 0.3 is 0 Å². The van der Waals surface area contributed by atoms with E-state index in [1.54, 1.807) is 6.92 Å². The van der Waals surface area contributed by atoms with Crippen LogP contribution in [0.3, 0.4) is 0 Å². The summed E-state index contributed by atoms with van der Waals surface area (Å²) < 4.78 is 46.0. The lowest BCUT2D eigenvalue weighted by atomic mass is 10.2. The van der Waals surface area contributed by atoms with Gasteiger partial charge < -0.3 is 10.2 Å². The van der Waals surface area contributed by atoms with Crippen molar-refractivity contribution in [3.8, 4) is 0 Å². The molecule has 0 atom stereocenters. The molecule has 0 aliphatic carbocycles. The second-order valence-electron chi connectivity index (χ2n) is 4.46. The van der Waals surface area contributed by atoms with Crippen molar-refractivity contribution in [3.05, 3.63) is 46.1 Å². The van der Waals surface area contributed by atoms with Gasteiger partial charge in [-0.05, 0) is 32.0 Å². The van der Waals surface area contributed by atoms with Crippen LogP contribution in [-0.4, -0.2) is 8.42 Å². The lowest BCUT2D eigenvalue weighted by Gasteiger charge is -2.10. The number of nitrogens with two attached hydrogens (primary N) is 1. The quantitative estimate of drug-likeness (QED) is 0.901. The van der Waals surface area contributed by atoms with E-state index in [4.69, 9.17) is 21.8 Å². The summed E-state index contributed by atoms with van der Waals surface area (Å²) in [7, 11) is -4.03. The first-order valence-electron chi connectivity index (χ1n) is 6.03. The molecule has 0 saturated carbocycles. The number of furan rings is 1. The van der Waals surface area contributed by atoms with Crippen LogP contribution >= 0.6 is 11.6 Å². The summed E-state index contributed by atoms with van der Waals surface area (Å²) in [6.07, 6.45) is 0. The fourth-order valence-corrected chi connectivity index (χ4v) is 3.76. The maximum Gasteiger partial charge on any atom is 0.265 e. The van der Waals surface area contributed by atoms with Crippen molar-refractivity contribution >= 4 is 27.3 Å². The monoisotopic (exact) mass is 332 g/mol. The molecule has 1 aromatic heterocycles. The van der Waals surface area contributed by atoms with Crippen molar-refractivity contribution in [3.63, 3.8) is 0 Å². The number of aryl methyl sites for hydroxylation is 2. The van der Waals surface area contributed by atoms with Gasteiger partial charge in [0.25, 0.3) is 10.0 Å². The number of sulfonamides is 1. The average Bonchev–Trinajstić information content (AvgIpc) is 2.68. The summed E-state index contributed by atoms with van der Waals surface area (Å²) in [6, 6.07) is 3.60. The van der Waals surface area contributed by atoms with Crippen molar-refractivity contribution in [2.75, 3.05) is 4.72 Å². The molecule has 2 aromatic rings. The van der Waals surface area contributed by atoms with Gasteiger partial charge in [-0.3, -0.25) is 4.72 Å². The third kappa shape index (κ3) is 3.04. The molecular weight excluding hydrogens is 319 g/mol. The van der Waals surface area contributed by atoms with Crippen LogP contribution in [0.25, 0.3) is 0 Å². The van der Waals surface area contributed by atoms with E-state index < -0.39 is 15.8 Å². The zero-order chi connectivity index (χ0) is 15.8. The molecule has 0 saturated heterocycles. The molecule has 0 spiro atoms. The predicted molar refractivity (Wildman–Crippen MR) is 78.3 cm³/mol. The van der Waals surface area contributed by atoms with Crippen molar-refractivity contribution < 1.29 is 17.2 Å². The van der Waals surface area contributed by atoms with E-state index in [0.717, 1.165) is 6.07 Å². The molecule has 2 rings (SSSR count). The molecule has 0 aliphatic heterocycles. The van der Waals surface area contributed by atoms with E-state index in [0.29, 0.717) is 11.3 Å². The van der Waals surface area contributed by atoms with Crippen molar-refractivity contribution in [2.45, 2.75) is 25.3 Å². The number of benzene rings is 1. The molecule has 1 heterocycles. The predicted octanol–water partition coefficient (Wildman–Crippen LogP) is 2.95. The highest BCUT2D eigenvalue weighted by molar-refractivity contribution is 7.92. The van der Waals surface area contributed by atoms with Crippen LogP contribution in [0, 0.1) is 19.7 Å². The number of hydrogen-bond acceptors (Lipinski definition) is 4. The van der Waals surface area contributed by atoms with Gasteiger partial charge in [0, 0.05) is 17.1 Å². The van der Waals surface area contributed by atoms with Crippen molar-refractivity contribution in [2.24, 2.45) is 5.73 Å². The molecule has 3 N–H and O–H groups in total. The molecule has 0 radical (unpaired) electrons. The highest BCUT2D eigenvalue weighted by Crippen LogP contribution is 2.29. The van der Waals surface area contributed by atoms with E-state index in [2.05, 4.69) is 4.72 Å². The number of anilines is 1. The van der Waals surface area contributed by atoms with Crippen LogP contribution in [0.4, 0.5) is 10.1 Å². The first kappa shape index (κ1) is 15.8. The molecule has 0 unspecified atom stereocenters. The number of rotatable bonds is 4. The van der Waals surface area contributed by atoms with Crippen molar-refractivity contribution in [1.82, 2.24) is 0 Å². The minimum absolute atomic E-state index is 0.00254. The molecule has 1 aromatic carbocycles. The van der Waals surface area contributed by atoms with Crippen LogP contribution in [0.2, 0.25) is 5.02 Å². The molecule has 0 fully saturated rings. The van der Waals surface area contributed by atoms with Gasteiger partial charge in [-0.25, -0.2) is 12.8 Å². The Kier molecular flexibility index (Phi) is 4.27. The van der Waals surface area contributed by atoms with Crippen LogP contribution in [0.15, 0.2) is 27.5 Å². The zero-order valence-corrected chi connectivity index (χ0v) is 13.0. The minimum Gasteiger partial charge on any atom is -0.465 e. The maximum absolute atomic E-state index is 13.7. The standard InChI is InChI=1S/C13H14ClFN2O3S/c1-7-10(6-16)13(8(2)20-7)21(18,19)17-12-5-9(14)3-4-11(12)15/h3-5,17H,6,16H2,1-2H3. The van der Waals surface area contributed by atoms with Gasteiger partial charge in [0.2, 0.25) is 0 Å². The van der Waals surface area contributed by atoms with E-state index in [1.165, 1.54) is 19.1 Å². The Labute approximate surface area is 126 Å². The number of halogens is 2. The first-order valence-corrected chi connectivity index (χ1v) is 7.89. The normalized spacial score (nSPS) is 11.7. The average molecular weight is 333 g/mol. The highest BCUT2D eigenvalue weighted by Gasteiger charge is 2.27. The van der Waals surface area contributed by atoms with Crippen LogP contribution < -0.4 is 10.5 Å². The summed E-state index contributed by atoms with van der Waals surface area (Å²) >= 11 is 5.75. The zero-order valence-electron chi connectivity index (χ0n) is 11.4. The van der Waals surface area contributed by atoms with Crippen molar-refractivity contribution in [1.29, 1.82) is 0 Å². The molecule has 21 heavy (non-hydrogen) atoms. The van der Waals surface area contributed by atoms with Gasteiger partial charge in [0.1, 0.15) is 22.2 Å². The first-order chi connectivity index (χ1) is 9.76. The molecular formula is C13H14ClFN2O3S. The fourth-order valence-electron chi connectivity index (χ4n) is 2.07. The van der Waals surface area contributed by atoms with Crippen LogP contribution in [0.5, 0.6) is 0 Å². The third-order valence-corrected chi connectivity index (χ3v) is 4.77. The van der Waals surface area contributed by atoms with E-state index in [-0.39, 0.29) is 27.9 Å². The van der Waals surface area contributed by atoms with Gasteiger partial charge in [0.05, 0.1) is 5.69 Å². The van der Waals surface area contributed by atoms with Gasteiger partial charge in [-0.15, -0.1) is 0 Å². The third-order valence-electron chi connectivity index (χ3n) is 2.97. The molecule has 0 amide bonds. The van der Waals surface area contributed by atoms with Gasteiger partial charge in [-0.1, -0.05) is 11.6 Å². The summed E-state index contributed by atoms with van der Waals surface area (Å²) in [6.45, 7) is 3.13. The Morgan fingerprint density at radius 3 is 2.62 bits per heavy atom. The summed E-state index contributed by atoms with van der Waals surface area (Å²) in [5.41, 5.74) is 5.69. The fraction of sp³-hybridized carbons (Fsp3) is 0.231. The largest absolute Gasteiger partial charge is 0.465 e.